The van der Waals surface area contributed by atoms with E-state index in [9.17, 15) is 13.2 Å². The maximum atomic E-state index is 13.7. The van der Waals surface area contributed by atoms with Gasteiger partial charge in [0.15, 0.2) is 0 Å². The van der Waals surface area contributed by atoms with E-state index in [1.807, 2.05) is 0 Å². The van der Waals surface area contributed by atoms with Crippen molar-refractivity contribution < 1.29 is 13.2 Å². The molecule has 1 aliphatic heterocycles. The summed E-state index contributed by atoms with van der Waals surface area (Å²) < 4.78 is 42.7. The summed E-state index contributed by atoms with van der Waals surface area (Å²) in [4.78, 5) is 7.33. The molecule has 0 saturated carbocycles. The fraction of sp³-hybridized carbons (Fsp3) is 0.375. The molecule has 2 N–H and O–H groups in total. The van der Waals surface area contributed by atoms with Gasteiger partial charge in [-0.25, -0.2) is 4.98 Å². The lowest BCUT2D eigenvalue weighted by Gasteiger charge is -2.23. The Morgan fingerprint density at radius 2 is 1.90 bits per heavy atom. The van der Waals surface area contributed by atoms with Crippen LogP contribution in [-0.2, 0) is 6.18 Å². The lowest BCUT2D eigenvalue weighted by molar-refractivity contribution is -0.136. The first-order valence-electron chi connectivity index (χ1n) is 10.7. The highest BCUT2D eigenvalue weighted by molar-refractivity contribution is 5.92. The monoisotopic (exact) mass is 426 g/mol. The second-order valence-corrected chi connectivity index (χ2v) is 8.70. The van der Waals surface area contributed by atoms with Gasteiger partial charge in [0.2, 0.25) is 0 Å². The number of aromatic amines is 1. The Morgan fingerprint density at radius 3 is 2.61 bits per heavy atom. The molecule has 0 amide bonds. The first-order valence-corrected chi connectivity index (χ1v) is 10.7. The number of nitrogens with one attached hydrogen (secondary N) is 2. The Morgan fingerprint density at radius 1 is 1.13 bits per heavy atom. The summed E-state index contributed by atoms with van der Waals surface area (Å²) in [7, 11) is 0. The third-order valence-corrected chi connectivity index (χ3v) is 6.33. The zero-order chi connectivity index (χ0) is 21.8. The van der Waals surface area contributed by atoms with Crippen LogP contribution in [0.5, 0.6) is 0 Å². The van der Waals surface area contributed by atoms with Gasteiger partial charge in [-0.1, -0.05) is 19.9 Å². The van der Waals surface area contributed by atoms with Crippen molar-refractivity contribution in [3.8, 4) is 11.3 Å². The maximum absolute atomic E-state index is 13.7. The maximum Gasteiger partial charge on any atom is 0.420 e. The van der Waals surface area contributed by atoms with Crippen molar-refractivity contribution in [3.63, 3.8) is 0 Å². The van der Waals surface area contributed by atoms with Crippen molar-refractivity contribution in [2.24, 2.45) is 0 Å². The van der Waals surface area contributed by atoms with E-state index >= 15 is 0 Å². The van der Waals surface area contributed by atoms with Crippen LogP contribution in [0.4, 0.5) is 13.2 Å². The molecule has 0 unspecified atom stereocenters. The molecule has 0 atom stereocenters. The fourth-order valence-corrected chi connectivity index (χ4v) is 4.85. The number of pyridine rings is 1. The first-order chi connectivity index (χ1) is 14.8. The summed E-state index contributed by atoms with van der Waals surface area (Å²) in [5, 5.41) is 4.50. The van der Waals surface area contributed by atoms with Crippen LogP contribution in [0.1, 0.15) is 55.2 Å². The van der Waals surface area contributed by atoms with Crippen molar-refractivity contribution in [1.82, 2.24) is 19.7 Å². The Balaban J connectivity index is 1.70. The molecule has 1 saturated heterocycles. The van der Waals surface area contributed by atoms with Gasteiger partial charge in [0.1, 0.15) is 5.65 Å². The third kappa shape index (κ3) is 3.51. The Hall–Kier alpha value is -2.80. The summed E-state index contributed by atoms with van der Waals surface area (Å²) in [6, 6.07) is 7.68. The Labute approximate surface area is 178 Å². The molecule has 0 aliphatic carbocycles. The zero-order valence-electron chi connectivity index (χ0n) is 17.6. The van der Waals surface area contributed by atoms with Crippen LogP contribution < -0.4 is 5.32 Å². The summed E-state index contributed by atoms with van der Waals surface area (Å²) >= 11 is 0. The summed E-state index contributed by atoms with van der Waals surface area (Å²) in [5.74, 6) is 0.669. The van der Waals surface area contributed by atoms with Gasteiger partial charge in [0.25, 0.3) is 0 Å². The van der Waals surface area contributed by atoms with Gasteiger partial charge >= 0.3 is 6.18 Å². The number of hydrogen-bond donors (Lipinski definition) is 2. The molecule has 0 bridgehead atoms. The number of halogens is 3. The lowest BCUT2D eigenvalue weighted by atomic mass is 9.88. The number of imidazole rings is 1. The van der Waals surface area contributed by atoms with Crippen LogP contribution in [0.25, 0.3) is 27.8 Å². The van der Waals surface area contributed by atoms with Crippen molar-refractivity contribution in [2.75, 3.05) is 13.1 Å². The quantitative estimate of drug-likeness (QED) is 0.416. The van der Waals surface area contributed by atoms with E-state index in [-0.39, 0.29) is 11.6 Å². The van der Waals surface area contributed by atoms with E-state index in [4.69, 9.17) is 0 Å². The average Bonchev–Trinajstić information content (AvgIpc) is 3.36. The number of rotatable bonds is 3. The van der Waals surface area contributed by atoms with Crippen LogP contribution in [0.3, 0.4) is 0 Å². The van der Waals surface area contributed by atoms with Crippen LogP contribution in [0.15, 0.2) is 42.9 Å². The average molecular weight is 426 g/mol. The molecular weight excluding hydrogens is 401 g/mol. The molecule has 0 radical (unpaired) electrons. The molecule has 162 valence electrons. The predicted octanol–water partition coefficient (Wildman–Crippen LogP) is 6.09. The second-order valence-electron chi connectivity index (χ2n) is 8.70. The van der Waals surface area contributed by atoms with Crippen LogP contribution in [-0.4, -0.2) is 27.5 Å². The zero-order valence-corrected chi connectivity index (χ0v) is 17.6. The number of fused-ring (bicyclic) bond motifs is 2. The standard InChI is InChI=1S/C24H25F3N4/c1-14(2)21-18-11-16(15-5-7-28-8-6-15)3-4-20(18)30-22(21)17-12-19(24(25,26)27)23-29-9-10-31(23)13-17/h3-4,9-15,28,30H,5-8H2,1-2H3. The smallest absolute Gasteiger partial charge is 0.354 e. The van der Waals surface area contributed by atoms with Crippen molar-refractivity contribution in [2.45, 2.75) is 44.7 Å². The number of aromatic nitrogens is 3. The van der Waals surface area contributed by atoms with Crippen molar-refractivity contribution in [1.29, 1.82) is 0 Å². The number of H-pyrrole nitrogens is 1. The molecule has 0 spiro atoms. The van der Waals surface area contributed by atoms with E-state index in [0.29, 0.717) is 11.5 Å². The van der Waals surface area contributed by atoms with Gasteiger partial charge in [0.05, 0.1) is 11.3 Å². The molecular formula is C24H25F3N4. The number of nitrogens with zero attached hydrogens (tertiary/aromatic N) is 2. The molecule has 4 nitrogen and oxygen atoms in total. The summed E-state index contributed by atoms with van der Waals surface area (Å²) in [6.07, 6.45) is 2.41. The van der Waals surface area contributed by atoms with E-state index < -0.39 is 11.7 Å². The third-order valence-electron chi connectivity index (χ3n) is 6.33. The van der Waals surface area contributed by atoms with Gasteiger partial charge in [-0.15, -0.1) is 0 Å². The van der Waals surface area contributed by atoms with E-state index in [1.165, 1.54) is 22.2 Å². The Kier molecular flexibility index (Phi) is 4.81. The number of hydrogen-bond acceptors (Lipinski definition) is 2. The summed E-state index contributed by atoms with van der Waals surface area (Å²) in [5.41, 5.74) is 3.77. The lowest BCUT2D eigenvalue weighted by Crippen LogP contribution is -2.26. The number of piperidine rings is 1. The molecule has 7 heteroatoms. The van der Waals surface area contributed by atoms with Gasteiger partial charge in [0, 0.05) is 35.1 Å². The van der Waals surface area contributed by atoms with Gasteiger partial charge in [-0.2, -0.15) is 13.2 Å². The largest absolute Gasteiger partial charge is 0.420 e. The second kappa shape index (κ2) is 7.41. The van der Waals surface area contributed by atoms with Crippen LogP contribution in [0.2, 0.25) is 0 Å². The van der Waals surface area contributed by atoms with Crippen molar-refractivity contribution >= 4 is 16.6 Å². The molecule has 4 aromatic rings. The predicted molar refractivity (Wildman–Crippen MR) is 116 cm³/mol. The topological polar surface area (TPSA) is 45.1 Å². The summed E-state index contributed by atoms with van der Waals surface area (Å²) in [6.45, 7) is 6.21. The minimum Gasteiger partial charge on any atom is -0.354 e. The Bertz CT molecular complexity index is 1240. The molecule has 3 aromatic heterocycles. The minimum absolute atomic E-state index is 0.0772. The molecule has 1 aromatic carbocycles. The normalized spacial score (nSPS) is 16.1. The highest BCUT2D eigenvalue weighted by Crippen LogP contribution is 2.40. The van der Waals surface area contributed by atoms with Crippen LogP contribution in [0, 0.1) is 0 Å². The SMILES string of the molecule is CC(C)c1c(-c2cc(C(F)(F)F)c3nccn3c2)[nH]c2ccc(C3CCNCC3)cc12. The number of alkyl halides is 3. The molecule has 5 rings (SSSR count). The van der Waals surface area contributed by atoms with E-state index in [1.54, 1.807) is 12.4 Å². The molecule has 1 fully saturated rings. The molecule has 4 heterocycles. The van der Waals surface area contributed by atoms with Gasteiger partial charge < -0.3 is 14.7 Å². The minimum atomic E-state index is -4.48. The van der Waals surface area contributed by atoms with E-state index in [0.717, 1.165) is 48.1 Å². The molecule has 1 aliphatic rings. The van der Waals surface area contributed by atoms with E-state index in [2.05, 4.69) is 47.3 Å². The first kappa shape index (κ1) is 20.1. The van der Waals surface area contributed by atoms with Gasteiger partial charge in [-0.3, -0.25) is 0 Å². The van der Waals surface area contributed by atoms with Gasteiger partial charge in [-0.05, 0) is 67.1 Å². The highest BCUT2D eigenvalue weighted by Gasteiger charge is 2.35. The fourth-order valence-electron chi connectivity index (χ4n) is 4.85. The molecule has 31 heavy (non-hydrogen) atoms. The highest BCUT2D eigenvalue weighted by atomic mass is 19.4. The number of benzene rings is 1. The van der Waals surface area contributed by atoms with Crippen LogP contribution >= 0.6 is 0 Å². The van der Waals surface area contributed by atoms with Crippen molar-refractivity contribution in [3.05, 3.63) is 59.5 Å².